The second-order valence-electron chi connectivity index (χ2n) is 5.22. The highest BCUT2D eigenvalue weighted by Crippen LogP contribution is 2.18. The molecule has 1 atom stereocenters. The van der Waals surface area contributed by atoms with E-state index in [1.807, 2.05) is 36.4 Å². The van der Waals surface area contributed by atoms with Gasteiger partial charge in [0.25, 0.3) is 0 Å². The zero-order chi connectivity index (χ0) is 15.9. The van der Waals surface area contributed by atoms with Gasteiger partial charge in [0.1, 0.15) is 11.8 Å². The molecule has 3 rings (SSSR count). The molecule has 2 aromatic rings. The van der Waals surface area contributed by atoms with Crippen molar-refractivity contribution >= 4 is 5.91 Å². The third-order valence-corrected chi connectivity index (χ3v) is 3.47. The minimum Gasteiger partial charge on any atom is -0.439 e. The fourth-order valence-electron chi connectivity index (χ4n) is 2.23. The van der Waals surface area contributed by atoms with Crippen molar-refractivity contribution in [2.24, 2.45) is 0 Å². The van der Waals surface area contributed by atoms with Crippen LogP contribution in [-0.4, -0.2) is 36.7 Å². The number of ether oxygens (including phenoxy) is 2. The molecule has 1 fully saturated rings. The van der Waals surface area contributed by atoms with Gasteiger partial charge in [-0.2, -0.15) is 0 Å². The summed E-state index contributed by atoms with van der Waals surface area (Å²) in [5.41, 5.74) is 0.912. The molecule has 0 spiro atoms. The first kappa shape index (κ1) is 15.5. The van der Waals surface area contributed by atoms with Gasteiger partial charge in [-0.3, -0.25) is 4.79 Å². The minimum absolute atomic E-state index is 0.0608. The van der Waals surface area contributed by atoms with E-state index in [0.29, 0.717) is 32.2 Å². The predicted octanol–water partition coefficient (Wildman–Crippen LogP) is 1.48. The summed E-state index contributed by atoms with van der Waals surface area (Å²) < 4.78 is 10.9. The van der Waals surface area contributed by atoms with E-state index in [2.05, 4.69) is 15.6 Å². The molecule has 2 N–H and O–H groups in total. The van der Waals surface area contributed by atoms with Gasteiger partial charge in [0.15, 0.2) is 0 Å². The van der Waals surface area contributed by atoms with Gasteiger partial charge >= 0.3 is 0 Å². The van der Waals surface area contributed by atoms with Crippen LogP contribution in [0.1, 0.15) is 5.56 Å². The molecule has 0 saturated carbocycles. The molecule has 0 radical (unpaired) electrons. The summed E-state index contributed by atoms with van der Waals surface area (Å²) in [6.45, 7) is 2.19. The molecule has 120 valence electrons. The number of hydrogen-bond donors (Lipinski definition) is 2. The van der Waals surface area contributed by atoms with Crippen LogP contribution >= 0.6 is 0 Å². The zero-order valence-electron chi connectivity index (χ0n) is 12.7. The quantitative estimate of drug-likeness (QED) is 0.875. The van der Waals surface area contributed by atoms with Crippen molar-refractivity contribution in [3.63, 3.8) is 0 Å². The van der Waals surface area contributed by atoms with Crippen molar-refractivity contribution < 1.29 is 14.3 Å². The number of rotatable bonds is 5. The standard InChI is InChI=1S/C17H19N3O3/c21-17(15-12-22-9-8-18-15)20-11-13-6-7-16(19-10-13)23-14-4-2-1-3-5-14/h1-7,10,15,18H,8-9,11-12H2,(H,20,21). The van der Waals surface area contributed by atoms with Crippen LogP contribution in [0, 0.1) is 0 Å². The van der Waals surface area contributed by atoms with Gasteiger partial charge in [0.05, 0.1) is 13.2 Å². The van der Waals surface area contributed by atoms with Gasteiger partial charge < -0.3 is 20.1 Å². The summed E-state index contributed by atoms with van der Waals surface area (Å²) in [7, 11) is 0. The van der Waals surface area contributed by atoms with Crippen molar-refractivity contribution in [1.29, 1.82) is 0 Å². The normalized spacial score (nSPS) is 17.5. The van der Waals surface area contributed by atoms with Crippen LogP contribution < -0.4 is 15.4 Å². The monoisotopic (exact) mass is 313 g/mol. The van der Waals surface area contributed by atoms with E-state index in [-0.39, 0.29) is 11.9 Å². The number of carbonyl (C=O) groups excluding carboxylic acids is 1. The first-order valence-corrected chi connectivity index (χ1v) is 7.58. The third-order valence-electron chi connectivity index (χ3n) is 3.47. The fourth-order valence-corrected chi connectivity index (χ4v) is 2.23. The zero-order valence-corrected chi connectivity index (χ0v) is 12.7. The molecule has 1 aliphatic heterocycles. The smallest absolute Gasteiger partial charge is 0.239 e. The number of carbonyl (C=O) groups is 1. The van der Waals surface area contributed by atoms with Crippen LogP contribution in [0.5, 0.6) is 11.6 Å². The van der Waals surface area contributed by atoms with Gasteiger partial charge in [-0.05, 0) is 17.7 Å². The maximum Gasteiger partial charge on any atom is 0.239 e. The Morgan fingerprint density at radius 3 is 2.87 bits per heavy atom. The highest BCUT2D eigenvalue weighted by Gasteiger charge is 2.20. The molecule has 1 aromatic heterocycles. The Labute approximate surface area is 134 Å². The molecule has 2 heterocycles. The van der Waals surface area contributed by atoms with Crippen LogP contribution in [0.25, 0.3) is 0 Å². The maximum atomic E-state index is 12.0. The minimum atomic E-state index is -0.280. The second-order valence-corrected chi connectivity index (χ2v) is 5.22. The summed E-state index contributed by atoms with van der Waals surface area (Å²) >= 11 is 0. The van der Waals surface area contributed by atoms with Gasteiger partial charge in [-0.25, -0.2) is 4.98 Å². The van der Waals surface area contributed by atoms with E-state index in [9.17, 15) is 4.79 Å². The van der Waals surface area contributed by atoms with Gasteiger partial charge in [0.2, 0.25) is 11.8 Å². The average Bonchev–Trinajstić information content (AvgIpc) is 2.62. The Bertz CT molecular complexity index is 625. The average molecular weight is 313 g/mol. The molecule has 1 saturated heterocycles. The van der Waals surface area contributed by atoms with Crippen LogP contribution in [-0.2, 0) is 16.1 Å². The molecule has 0 aliphatic carbocycles. The molecule has 6 heteroatoms. The summed E-state index contributed by atoms with van der Waals surface area (Å²) in [5, 5.41) is 5.99. The van der Waals surface area contributed by atoms with E-state index < -0.39 is 0 Å². The number of hydrogen-bond acceptors (Lipinski definition) is 5. The fraction of sp³-hybridized carbons (Fsp3) is 0.294. The molecule has 1 unspecified atom stereocenters. The number of amides is 1. The molecular formula is C17H19N3O3. The summed E-state index contributed by atoms with van der Waals surface area (Å²) in [6.07, 6.45) is 1.70. The molecule has 0 bridgehead atoms. The largest absolute Gasteiger partial charge is 0.439 e. The van der Waals surface area contributed by atoms with Crippen LogP contribution in [0.2, 0.25) is 0 Å². The number of morpholine rings is 1. The van der Waals surface area contributed by atoms with Crippen molar-refractivity contribution in [3.05, 3.63) is 54.2 Å². The van der Waals surface area contributed by atoms with Crippen LogP contribution in [0.4, 0.5) is 0 Å². The van der Waals surface area contributed by atoms with E-state index in [4.69, 9.17) is 9.47 Å². The summed E-state index contributed by atoms with van der Waals surface area (Å²) in [4.78, 5) is 16.2. The van der Waals surface area contributed by atoms with Crippen LogP contribution in [0.3, 0.4) is 0 Å². The van der Waals surface area contributed by atoms with E-state index in [1.54, 1.807) is 12.3 Å². The molecule has 6 nitrogen and oxygen atoms in total. The lowest BCUT2D eigenvalue weighted by molar-refractivity contribution is -0.126. The Balaban J connectivity index is 1.50. The number of nitrogens with zero attached hydrogens (tertiary/aromatic N) is 1. The van der Waals surface area contributed by atoms with E-state index in [0.717, 1.165) is 11.3 Å². The predicted molar refractivity (Wildman–Crippen MR) is 85.2 cm³/mol. The van der Waals surface area contributed by atoms with Crippen molar-refractivity contribution in [1.82, 2.24) is 15.6 Å². The van der Waals surface area contributed by atoms with E-state index >= 15 is 0 Å². The highest BCUT2D eigenvalue weighted by atomic mass is 16.5. The summed E-state index contributed by atoms with van der Waals surface area (Å²) in [5.74, 6) is 1.20. The molecule has 1 aromatic carbocycles. The van der Waals surface area contributed by atoms with Gasteiger partial charge in [-0.15, -0.1) is 0 Å². The number of para-hydroxylation sites is 1. The van der Waals surface area contributed by atoms with Crippen molar-refractivity contribution in [3.8, 4) is 11.6 Å². The van der Waals surface area contributed by atoms with Gasteiger partial charge in [-0.1, -0.05) is 24.3 Å². The topological polar surface area (TPSA) is 72.5 Å². The molecule has 23 heavy (non-hydrogen) atoms. The van der Waals surface area contributed by atoms with E-state index in [1.165, 1.54) is 0 Å². The highest BCUT2D eigenvalue weighted by molar-refractivity contribution is 5.81. The Morgan fingerprint density at radius 1 is 1.30 bits per heavy atom. The number of aromatic nitrogens is 1. The lowest BCUT2D eigenvalue weighted by Crippen LogP contribution is -2.51. The third kappa shape index (κ3) is 4.51. The lowest BCUT2D eigenvalue weighted by atomic mass is 10.2. The number of pyridine rings is 1. The van der Waals surface area contributed by atoms with Crippen molar-refractivity contribution in [2.75, 3.05) is 19.8 Å². The van der Waals surface area contributed by atoms with Crippen molar-refractivity contribution in [2.45, 2.75) is 12.6 Å². The number of nitrogens with one attached hydrogen (secondary N) is 2. The molecular weight excluding hydrogens is 294 g/mol. The first-order valence-electron chi connectivity index (χ1n) is 7.58. The Hall–Kier alpha value is -2.44. The Morgan fingerprint density at radius 2 is 2.17 bits per heavy atom. The number of benzene rings is 1. The summed E-state index contributed by atoms with van der Waals surface area (Å²) in [6, 6.07) is 12.9. The Kier molecular flexibility index (Phi) is 5.18. The molecule has 1 aliphatic rings. The second kappa shape index (κ2) is 7.71. The van der Waals surface area contributed by atoms with Crippen LogP contribution in [0.15, 0.2) is 48.7 Å². The SMILES string of the molecule is O=C(NCc1ccc(Oc2ccccc2)nc1)C1COCCN1. The van der Waals surface area contributed by atoms with Gasteiger partial charge in [0, 0.05) is 25.4 Å². The first-order chi connectivity index (χ1) is 11.3. The maximum absolute atomic E-state index is 12.0. The molecule has 1 amide bonds. The lowest BCUT2D eigenvalue weighted by Gasteiger charge is -2.22.